The van der Waals surface area contributed by atoms with E-state index in [0.717, 1.165) is 31.5 Å². The van der Waals surface area contributed by atoms with Gasteiger partial charge in [0.05, 0.1) is 12.3 Å². The number of carbonyl (C=O) groups excluding carboxylic acids is 2. The van der Waals surface area contributed by atoms with Crippen LogP contribution in [0.3, 0.4) is 0 Å². The lowest BCUT2D eigenvalue weighted by molar-refractivity contribution is -0.136. The van der Waals surface area contributed by atoms with Crippen LogP contribution in [0.15, 0.2) is 18.2 Å². The molecule has 2 amide bonds. The van der Waals surface area contributed by atoms with Crippen LogP contribution < -0.4 is 10.6 Å². The van der Waals surface area contributed by atoms with Gasteiger partial charge in [0.15, 0.2) is 0 Å². The number of aryl methyl sites for hydroxylation is 1. The third kappa shape index (κ3) is 5.28. The van der Waals surface area contributed by atoms with E-state index in [9.17, 15) is 14.0 Å². The Morgan fingerprint density at radius 2 is 2.17 bits per heavy atom. The van der Waals surface area contributed by atoms with Gasteiger partial charge in [-0.2, -0.15) is 0 Å². The number of anilines is 1. The molecule has 0 radical (unpaired) electrons. The first-order valence-corrected chi connectivity index (χ1v) is 8.09. The summed E-state index contributed by atoms with van der Waals surface area (Å²) >= 11 is 0. The molecule has 0 aromatic heterocycles. The second-order valence-electron chi connectivity index (χ2n) is 6.04. The molecule has 24 heavy (non-hydrogen) atoms. The quantitative estimate of drug-likeness (QED) is 0.795. The standard InChI is InChI=1S/C17H24FN3O3/c1-12-5-6-14(18)15(10-12)20-17(23)16(22)19-13-4-3-7-21(11-13)8-9-24-2/h5-6,10,13H,3-4,7-9,11H2,1-2H3,(H,19,22)(H,20,23). The summed E-state index contributed by atoms with van der Waals surface area (Å²) in [6.07, 6.45) is 1.77. The Morgan fingerprint density at radius 3 is 2.92 bits per heavy atom. The lowest BCUT2D eigenvalue weighted by atomic mass is 10.1. The van der Waals surface area contributed by atoms with Crippen molar-refractivity contribution in [3.63, 3.8) is 0 Å². The van der Waals surface area contributed by atoms with E-state index >= 15 is 0 Å². The highest BCUT2D eigenvalue weighted by Gasteiger charge is 2.24. The maximum Gasteiger partial charge on any atom is 0.313 e. The molecule has 1 aliphatic heterocycles. The van der Waals surface area contributed by atoms with Gasteiger partial charge in [-0.15, -0.1) is 0 Å². The Balaban J connectivity index is 1.87. The van der Waals surface area contributed by atoms with E-state index in [0.29, 0.717) is 13.2 Å². The van der Waals surface area contributed by atoms with E-state index < -0.39 is 17.6 Å². The van der Waals surface area contributed by atoms with Gasteiger partial charge in [0.1, 0.15) is 5.82 Å². The predicted molar refractivity (Wildman–Crippen MR) is 89.2 cm³/mol. The summed E-state index contributed by atoms with van der Waals surface area (Å²) in [5, 5.41) is 5.05. The van der Waals surface area contributed by atoms with Gasteiger partial charge in [-0.25, -0.2) is 4.39 Å². The molecule has 1 fully saturated rings. The molecular formula is C17H24FN3O3. The Bertz CT molecular complexity index is 594. The van der Waals surface area contributed by atoms with Crippen molar-refractivity contribution >= 4 is 17.5 Å². The summed E-state index contributed by atoms with van der Waals surface area (Å²) in [6.45, 7) is 4.85. The van der Waals surface area contributed by atoms with Gasteiger partial charge >= 0.3 is 11.8 Å². The van der Waals surface area contributed by atoms with Crippen LogP contribution in [0.25, 0.3) is 0 Å². The van der Waals surface area contributed by atoms with Crippen LogP contribution in [-0.4, -0.2) is 56.1 Å². The summed E-state index contributed by atoms with van der Waals surface area (Å²) in [5.74, 6) is -2.16. The second-order valence-corrected chi connectivity index (χ2v) is 6.04. The third-order valence-electron chi connectivity index (χ3n) is 4.03. The van der Waals surface area contributed by atoms with Gasteiger partial charge in [0.2, 0.25) is 0 Å². The van der Waals surface area contributed by atoms with Gasteiger partial charge in [0.25, 0.3) is 0 Å². The van der Waals surface area contributed by atoms with Crippen molar-refractivity contribution in [2.75, 3.05) is 38.7 Å². The first-order chi connectivity index (χ1) is 11.5. The Morgan fingerprint density at radius 1 is 1.38 bits per heavy atom. The number of benzene rings is 1. The molecule has 1 saturated heterocycles. The molecule has 1 heterocycles. The first kappa shape index (κ1) is 18.4. The highest BCUT2D eigenvalue weighted by molar-refractivity contribution is 6.39. The van der Waals surface area contributed by atoms with E-state index in [1.807, 2.05) is 0 Å². The zero-order chi connectivity index (χ0) is 17.5. The molecule has 2 rings (SSSR count). The number of halogens is 1. The maximum atomic E-state index is 13.7. The largest absolute Gasteiger partial charge is 0.383 e. The second kappa shape index (κ2) is 8.75. The molecule has 1 aromatic rings. The number of piperidine rings is 1. The Labute approximate surface area is 141 Å². The van der Waals surface area contributed by atoms with Crippen molar-refractivity contribution in [3.05, 3.63) is 29.6 Å². The monoisotopic (exact) mass is 337 g/mol. The number of amides is 2. The lowest BCUT2D eigenvalue weighted by Gasteiger charge is -2.32. The molecule has 0 saturated carbocycles. The van der Waals surface area contributed by atoms with Crippen molar-refractivity contribution < 1.29 is 18.7 Å². The fourth-order valence-corrected chi connectivity index (χ4v) is 2.76. The smallest absolute Gasteiger partial charge is 0.313 e. The van der Waals surface area contributed by atoms with Gasteiger partial charge in [-0.05, 0) is 44.0 Å². The van der Waals surface area contributed by atoms with Gasteiger partial charge < -0.3 is 15.4 Å². The summed E-state index contributed by atoms with van der Waals surface area (Å²) in [6, 6.07) is 4.27. The number of hydrogen-bond acceptors (Lipinski definition) is 4. The summed E-state index contributed by atoms with van der Waals surface area (Å²) in [5.41, 5.74) is 0.814. The molecule has 6 nitrogen and oxygen atoms in total. The normalized spacial score (nSPS) is 18.2. The van der Waals surface area contributed by atoms with Crippen molar-refractivity contribution in [1.82, 2.24) is 10.2 Å². The fraction of sp³-hybridized carbons (Fsp3) is 0.529. The molecule has 0 aliphatic carbocycles. The van der Waals surface area contributed by atoms with Gasteiger partial charge in [-0.1, -0.05) is 6.07 Å². The third-order valence-corrected chi connectivity index (χ3v) is 4.03. The molecule has 2 N–H and O–H groups in total. The molecule has 1 aliphatic rings. The van der Waals surface area contributed by atoms with Crippen molar-refractivity contribution in [2.24, 2.45) is 0 Å². The molecule has 0 bridgehead atoms. The van der Waals surface area contributed by atoms with E-state index in [1.54, 1.807) is 20.1 Å². The topological polar surface area (TPSA) is 70.7 Å². The minimum absolute atomic E-state index is 0.0144. The van der Waals surface area contributed by atoms with Crippen molar-refractivity contribution in [1.29, 1.82) is 0 Å². The zero-order valence-corrected chi connectivity index (χ0v) is 14.1. The minimum Gasteiger partial charge on any atom is -0.383 e. The average molecular weight is 337 g/mol. The van der Waals surface area contributed by atoms with E-state index in [2.05, 4.69) is 15.5 Å². The first-order valence-electron chi connectivity index (χ1n) is 8.09. The summed E-state index contributed by atoms with van der Waals surface area (Å²) in [4.78, 5) is 26.2. The molecule has 7 heteroatoms. The molecular weight excluding hydrogens is 313 g/mol. The number of nitrogens with zero attached hydrogens (tertiary/aromatic N) is 1. The lowest BCUT2D eigenvalue weighted by Crippen LogP contribution is -2.50. The Hall–Kier alpha value is -1.99. The highest BCUT2D eigenvalue weighted by Crippen LogP contribution is 2.15. The van der Waals surface area contributed by atoms with Crippen LogP contribution in [0.1, 0.15) is 18.4 Å². The number of hydrogen-bond donors (Lipinski definition) is 2. The zero-order valence-electron chi connectivity index (χ0n) is 14.1. The number of ether oxygens (including phenoxy) is 1. The van der Waals surface area contributed by atoms with Crippen LogP contribution in [0.2, 0.25) is 0 Å². The number of likely N-dealkylation sites (tertiary alicyclic amines) is 1. The Kier molecular flexibility index (Phi) is 6.69. The van der Waals surface area contributed by atoms with Crippen LogP contribution in [0.4, 0.5) is 10.1 Å². The van der Waals surface area contributed by atoms with Gasteiger partial charge in [-0.3, -0.25) is 14.5 Å². The number of rotatable bonds is 5. The molecule has 1 unspecified atom stereocenters. The predicted octanol–water partition coefficient (Wildman–Crippen LogP) is 1.30. The van der Waals surface area contributed by atoms with Crippen LogP contribution in [0.5, 0.6) is 0 Å². The highest BCUT2D eigenvalue weighted by atomic mass is 19.1. The fourth-order valence-electron chi connectivity index (χ4n) is 2.76. The van der Waals surface area contributed by atoms with E-state index in [4.69, 9.17) is 4.74 Å². The maximum absolute atomic E-state index is 13.7. The average Bonchev–Trinajstić information content (AvgIpc) is 2.56. The van der Waals surface area contributed by atoms with Gasteiger partial charge in [0, 0.05) is 26.2 Å². The van der Waals surface area contributed by atoms with Crippen LogP contribution in [0, 0.1) is 12.7 Å². The van der Waals surface area contributed by atoms with Crippen molar-refractivity contribution in [3.8, 4) is 0 Å². The molecule has 132 valence electrons. The number of nitrogens with one attached hydrogen (secondary N) is 2. The number of methoxy groups -OCH3 is 1. The minimum atomic E-state index is -0.853. The number of carbonyl (C=O) groups is 2. The van der Waals surface area contributed by atoms with E-state index in [1.165, 1.54) is 12.1 Å². The molecule has 0 spiro atoms. The summed E-state index contributed by atoms with van der Waals surface area (Å²) in [7, 11) is 1.65. The van der Waals surface area contributed by atoms with E-state index in [-0.39, 0.29) is 11.7 Å². The molecule has 1 atom stereocenters. The SMILES string of the molecule is COCCN1CCCC(NC(=O)C(=O)Nc2cc(C)ccc2F)C1. The molecule has 1 aromatic carbocycles. The van der Waals surface area contributed by atoms with Crippen molar-refractivity contribution in [2.45, 2.75) is 25.8 Å². The van der Waals surface area contributed by atoms with Crippen LogP contribution in [-0.2, 0) is 14.3 Å². The van der Waals surface area contributed by atoms with Crippen LogP contribution >= 0.6 is 0 Å². The summed E-state index contributed by atoms with van der Waals surface area (Å²) < 4.78 is 18.7.